The molecule has 7 heteroatoms. The molecule has 0 amide bonds. The second-order valence-corrected chi connectivity index (χ2v) is 8.54. The lowest BCUT2D eigenvalue weighted by molar-refractivity contribution is -0.146. The molecular weight excluding hydrogens is 374 g/mol. The first kappa shape index (κ1) is 27.0. The molecule has 0 aromatic rings. The second-order valence-electron chi connectivity index (χ2n) is 8.54. The highest BCUT2D eigenvalue weighted by Crippen LogP contribution is 2.18. The van der Waals surface area contributed by atoms with Crippen molar-refractivity contribution in [2.45, 2.75) is 73.6 Å². The smallest absolute Gasteiger partial charge is 0.309 e. The van der Waals surface area contributed by atoms with E-state index in [-0.39, 0.29) is 55.4 Å². The van der Waals surface area contributed by atoms with Crippen molar-refractivity contribution in [1.82, 2.24) is 0 Å². The highest BCUT2D eigenvalue weighted by molar-refractivity contribution is 5.74. The zero-order chi connectivity index (χ0) is 22.4. The first-order valence-corrected chi connectivity index (χ1v) is 10.4. The van der Waals surface area contributed by atoms with E-state index in [9.17, 15) is 14.4 Å². The Labute approximate surface area is 175 Å². The second kappa shape index (κ2) is 14.9. The molecule has 0 aromatic carbocycles. The third kappa shape index (κ3) is 15.5. The van der Waals surface area contributed by atoms with Gasteiger partial charge in [0.2, 0.25) is 0 Å². The number of carbonyl (C=O) groups is 3. The van der Waals surface area contributed by atoms with Crippen LogP contribution in [0.1, 0.15) is 73.6 Å². The number of nitrogens with two attached hydrogens (primary N) is 1. The van der Waals surface area contributed by atoms with Crippen molar-refractivity contribution in [2.24, 2.45) is 23.5 Å². The fraction of sp³-hybridized carbons (Fsp3) is 0.773. The van der Waals surface area contributed by atoms with Gasteiger partial charge in [-0.05, 0) is 36.2 Å². The van der Waals surface area contributed by atoms with Gasteiger partial charge in [0.25, 0.3) is 0 Å². The van der Waals surface area contributed by atoms with Crippen LogP contribution in [0.5, 0.6) is 0 Å². The predicted octanol–water partition coefficient (Wildman–Crippen LogP) is 3.75. The SMILES string of the molecule is CC(C)COC(=O)CC/C(N)=C(/CCC(=O)OCC(C)C)CC(=O)OCC(C)C. The Morgan fingerprint density at radius 3 is 1.41 bits per heavy atom. The van der Waals surface area contributed by atoms with E-state index in [1.807, 2.05) is 41.5 Å². The van der Waals surface area contributed by atoms with Crippen LogP contribution in [0.2, 0.25) is 0 Å². The van der Waals surface area contributed by atoms with Crippen molar-refractivity contribution in [3.8, 4) is 0 Å². The molecule has 0 aromatic heterocycles. The van der Waals surface area contributed by atoms with E-state index in [0.29, 0.717) is 37.5 Å². The summed E-state index contributed by atoms with van der Waals surface area (Å²) in [6.07, 6.45) is 0.807. The van der Waals surface area contributed by atoms with E-state index in [1.165, 1.54) is 0 Å². The molecule has 168 valence electrons. The maximum absolute atomic E-state index is 12.1. The summed E-state index contributed by atoms with van der Waals surface area (Å²) in [5.41, 5.74) is 7.18. The summed E-state index contributed by atoms with van der Waals surface area (Å²) in [6.45, 7) is 12.8. The maximum atomic E-state index is 12.1. The molecule has 0 heterocycles. The zero-order valence-corrected chi connectivity index (χ0v) is 18.9. The average Bonchev–Trinajstić information content (AvgIpc) is 2.64. The molecule has 0 fully saturated rings. The predicted molar refractivity (Wildman–Crippen MR) is 112 cm³/mol. The molecular formula is C22H39NO6. The average molecular weight is 414 g/mol. The van der Waals surface area contributed by atoms with E-state index in [0.717, 1.165) is 0 Å². The van der Waals surface area contributed by atoms with Gasteiger partial charge in [0.1, 0.15) is 0 Å². The Hall–Kier alpha value is -2.05. The molecule has 0 unspecified atom stereocenters. The molecule has 29 heavy (non-hydrogen) atoms. The van der Waals surface area contributed by atoms with Crippen LogP contribution in [-0.2, 0) is 28.6 Å². The Kier molecular flexibility index (Phi) is 13.8. The first-order chi connectivity index (χ1) is 13.5. The van der Waals surface area contributed by atoms with Gasteiger partial charge in [-0.1, -0.05) is 41.5 Å². The molecule has 0 aliphatic rings. The van der Waals surface area contributed by atoms with Gasteiger partial charge in [0, 0.05) is 12.1 Å². The molecule has 0 rings (SSSR count). The van der Waals surface area contributed by atoms with Gasteiger partial charge in [0.15, 0.2) is 0 Å². The van der Waals surface area contributed by atoms with E-state index in [4.69, 9.17) is 19.9 Å². The van der Waals surface area contributed by atoms with Crippen LogP contribution in [0, 0.1) is 17.8 Å². The summed E-state index contributed by atoms with van der Waals surface area (Å²) in [4.78, 5) is 35.9. The fourth-order valence-electron chi connectivity index (χ4n) is 2.18. The number of allylic oxidation sites excluding steroid dienone is 1. The Bertz CT molecular complexity index is 552. The van der Waals surface area contributed by atoms with Gasteiger partial charge in [-0.25, -0.2) is 0 Å². The maximum Gasteiger partial charge on any atom is 0.309 e. The van der Waals surface area contributed by atoms with Crippen LogP contribution < -0.4 is 5.73 Å². The number of esters is 3. The molecule has 0 saturated carbocycles. The van der Waals surface area contributed by atoms with Crippen molar-refractivity contribution < 1.29 is 28.6 Å². The molecule has 2 N–H and O–H groups in total. The minimum Gasteiger partial charge on any atom is -0.465 e. The molecule has 0 radical (unpaired) electrons. The summed E-state index contributed by atoms with van der Waals surface area (Å²) in [7, 11) is 0. The van der Waals surface area contributed by atoms with E-state index < -0.39 is 5.97 Å². The van der Waals surface area contributed by atoms with Crippen molar-refractivity contribution in [3.05, 3.63) is 11.3 Å². The summed E-state index contributed by atoms with van der Waals surface area (Å²) in [5.74, 6) is -0.326. The Morgan fingerprint density at radius 1 is 0.621 bits per heavy atom. The van der Waals surface area contributed by atoms with Crippen LogP contribution in [0.3, 0.4) is 0 Å². The number of carbonyl (C=O) groups excluding carboxylic acids is 3. The molecule has 7 nitrogen and oxygen atoms in total. The van der Waals surface area contributed by atoms with Crippen LogP contribution >= 0.6 is 0 Å². The van der Waals surface area contributed by atoms with Gasteiger partial charge in [-0.2, -0.15) is 0 Å². The first-order valence-electron chi connectivity index (χ1n) is 10.4. The molecule has 0 atom stereocenters. The third-order valence-corrected chi connectivity index (χ3v) is 3.77. The lowest BCUT2D eigenvalue weighted by Gasteiger charge is -2.14. The van der Waals surface area contributed by atoms with Crippen molar-refractivity contribution in [1.29, 1.82) is 0 Å². The molecule has 0 aliphatic carbocycles. The molecule has 0 spiro atoms. The Morgan fingerprint density at radius 2 is 1.00 bits per heavy atom. The summed E-state index contributed by atoms with van der Waals surface area (Å²) in [5, 5.41) is 0. The topological polar surface area (TPSA) is 105 Å². The van der Waals surface area contributed by atoms with Crippen LogP contribution in [0.25, 0.3) is 0 Å². The van der Waals surface area contributed by atoms with Crippen LogP contribution in [0.15, 0.2) is 11.3 Å². The molecule has 0 bridgehead atoms. The number of hydrogen-bond acceptors (Lipinski definition) is 7. The van der Waals surface area contributed by atoms with Crippen LogP contribution in [-0.4, -0.2) is 37.7 Å². The highest BCUT2D eigenvalue weighted by Gasteiger charge is 2.16. The lowest BCUT2D eigenvalue weighted by Crippen LogP contribution is -2.16. The van der Waals surface area contributed by atoms with E-state index in [1.54, 1.807) is 0 Å². The normalized spacial score (nSPS) is 12.2. The fourth-order valence-corrected chi connectivity index (χ4v) is 2.18. The standard InChI is InChI=1S/C22H39NO6/c1-15(2)12-27-20(24)9-7-18(11-22(26)29-14-17(5)6)19(23)8-10-21(25)28-13-16(3)4/h15-17H,7-14,23H2,1-6H3/b19-18+. The van der Waals surface area contributed by atoms with Crippen molar-refractivity contribution >= 4 is 17.9 Å². The van der Waals surface area contributed by atoms with Gasteiger partial charge in [0.05, 0.1) is 32.7 Å². The van der Waals surface area contributed by atoms with Gasteiger partial charge in [-0.15, -0.1) is 0 Å². The van der Waals surface area contributed by atoms with Crippen molar-refractivity contribution in [2.75, 3.05) is 19.8 Å². The van der Waals surface area contributed by atoms with Gasteiger partial charge < -0.3 is 19.9 Å². The molecule has 0 aliphatic heterocycles. The lowest BCUT2D eigenvalue weighted by atomic mass is 10.0. The van der Waals surface area contributed by atoms with Crippen molar-refractivity contribution in [3.63, 3.8) is 0 Å². The highest BCUT2D eigenvalue weighted by atomic mass is 16.5. The summed E-state index contributed by atoms with van der Waals surface area (Å²) in [6, 6.07) is 0. The largest absolute Gasteiger partial charge is 0.465 e. The Balaban J connectivity index is 4.88. The quantitative estimate of drug-likeness (QED) is 0.341. The number of ether oxygens (including phenoxy) is 3. The zero-order valence-electron chi connectivity index (χ0n) is 18.9. The monoisotopic (exact) mass is 413 g/mol. The summed E-state index contributed by atoms with van der Waals surface area (Å²) >= 11 is 0. The third-order valence-electron chi connectivity index (χ3n) is 3.77. The van der Waals surface area contributed by atoms with E-state index >= 15 is 0 Å². The summed E-state index contributed by atoms with van der Waals surface area (Å²) < 4.78 is 15.6. The van der Waals surface area contributed by atoms with Crippen LogP contribution in [0.4, 0.5) is 0 Å². The number of hydrogen-bond donors (Lipinski definition) is 1. The molecule has 0 saturated heterocycles. The minimum atomic E-state index is -0.394. The van der Waals surface area contributed by atoms with E-state index in [2.05, 4.69) is 0 Å². The van der Waals surface area contributed by atoms with Gasteiger partial charge in [-0.3, -0.25) is 14.4 Å². The number of rotatable bonds is 14. The van der Waals surface area contributed by atoms with Gasteiger partial charge >= 0.3 is 17.9 Å². The minimum absolute atomic E-state index is 0.00292.